The molecular weight excluding hydrogens is 214 g/mol. The lowest BCUT2D eigenvalue weighted by Crippen LogP contribution is -2.43. The van der Waals surface area contributed by atoms with Crippen LogP contribution in [0.5, 0.6) is 0 Å². The van der Waals surface area contributed by atoms with E-state index in [0.717, 1.165) is 31.7 Å². The minimum Gasteiger partial charge on any atom is -0.369 e. The highest BCUT2D eigenvalue weighted by Crippen LogP contribution is 2.20. The van der Waals surface area contributed by atoms with Crippen molar-refractivity contribution >= 4 is 11.6 Å². The maximum Gasteiger partial charge on any atom is 0.224 e. The average molecular weight is 233 g/mol. The first kappa shape index (κ1) is 11.9. The summed E-state index contributed by atoms with van der Waals surface area (Å²) in [4.78, 5) is 13.4. The Labute approximate surface area is 102 Å². The second-order valence-electron chi connectivity index (χ2n) is 4.45. The van der Waals surface area contributed by atoms with Gasteiger partial charge in [-0.25, -0.2) is 0 Å². The molecule has 0 spiro atoms. The standard InChI is InChI=1S/C13H19N3O/c1-10(13(14)17)11-2-4-12(5-3-11)16-8-6-15-7-9-16/h2-5,10,15H,6-9H2,1H3,(H2,14,17). The molecule has 1 heterocycles. The Kier molecular flexibility index (Phi) is 3.64. The van der Waals surface area contributed by atoms with E-state index < -0.39 is 0 Å². The van der Waals surface area contributed by atoms with Gasteiger partial charge in [-0.05, 0) is 24.6 Å². The lowest BCUT2D eigenvalue weighted by Gasteiger charge is -2.29. The number of benzene rings is 1. The second kappa shape index (κ2) is 5.19. The number of anilines is 1. The number of carbonyl (C=O) groups is 1. The minimum absolute atomic E-state index is 0.216. The van der Waals surface area contributed by atoms with Gasteiger partial charge < -0.3 is 16.0 Å². The van der Waals surface area contributed by atoms with E-state index in [1.165, 1.54) is 5.69 Å². The van der Waals surface area contributed by atoms with E-state index in [-0.39, 0.29) is 11.8 Å². The van der Waals surface area contributed by atoms with Crippen molar-refractivity contribution in [1.82, 2.24) is 5.32 Å². The lowest BCUT2D eigenvalue weighted by atomic mass is 10.0. The molecule has 0 radical (unpaired) electrons. The average Bonchev–Trinajstić information content (AvgIpc) is 2.39. The monoisotopic (exact) mass is 233 g/mol. The van der Waals surface area contributed by atoms with Crippen LogP contribution in [0.25, 0.3) is 0 Å². The number of hydrogen-bond donors (Lipinski definition) is 2. The van der Waals surface area contributed by atoms with E-state index in [4.69, 9.17) is 5.73 Å². The number of primary amides is 1. The van der Waals surface area contributed by atoms with Gasteiger partial charge in [-0.15, -0.1) is 0 Å². The number of carbonyl (C=O) groups excluding carboxylic acids is 1. The Bertz CT molecular complexity index is 382. The largest absolute Gasteiger partial charge is 0.369 e. The van der Waals surface area contributed by atoms with E-state index in [0.29, 0.717) is 0 Å². The molecule has 1 amide bonds. The fraction of sp³-hybridized carbons (Fsp3) is 0.462. The van der Waals surface area contributed by atoms with Crippen molar-refractivity contribution in [3.05, 3.63) is 29.8 Å². The second-order valence-corrected chi connectivity index (χ2v) is 4.45. The van der Waals surface area contributed by atoms with Crippen molar-refractivity contribution in [2.75, 3.05) is 31.1 Å². The van der Waals surface area contributed by atoms with Crippen LogP contribution in [0, 0.1) is 0 Å². The molecule has 0 aliphatic carbocycles. The van der Waals surface area contributed by atoms with Gasteiger partial charge in [-0.1, -0.05) is 12.1 Å². The van der Waals surface area contributed by atoms with Crippen molar-refractivity contribution in [3.63, 3.8) is 0 Å². The van der Waals surface area contributed by atoms with Crippen molar-refractivity contribution in [2.45, 2.75) is 12.8 Å². The smallest absolute Gasteiger partial charge is 0.224 e. The first-order chi connectivity index (χ1) is 8.18. The zero-order valence-corrected chi connectivity index (χ0v) is 10.1. The van der Waals surface area contributed by atoms with Crippen molar-refractivity contribution < 1.29 is 4.79 Å². The summed E-state index contributed by atoms with van der Waals surface area (Å²) in [6, 6.07) is 8.12. The number of piperazine rings is 1. The summed E-state index contributed by atoms with van der Waals surface area (Å²) in [6.45, 7) is 5.95. The molecule has 1 aromatic rings. The maximum absolute atomic E-state index is 11.1. The number of nitrogens with zero attached hydrogens (tertiary/aromatic N) is 1. The number of nitrogens with two attached hydrogens (primary N) is 1. The SMILES string of the molecule is CC(C(N)=O)c1ccc(N2CCNCC2)cc1. The van der Waals surface area contributed by atoms with Gasteiger partial charge >= 0.3 is 0 Å². The summed E-state index contributed by atoms with van der Waals surface area (Å²) in [5.41, 5.74) is 7.49. The highest BCUT2D eigenvalue weighted by atomic mass is 16.1. The molecule has 1 saturated heterocycles. The molecule has 4 heteroatoms. The van der Waals surface area contributed by atoms with Gasteiger partial charge in [-0.2, -0.15) is 0 Å². The van der Waals surface area contributed by atoms with Gasteiger partial charge in [0.15, 0.2) is 0 Å². The maximum atomic E-state index is 11.1. The van der Waals surface area contributed by atoms with Crippen LogP contribution in [0.1, 0.15) is 18.4 Å². The van der Waals surface area contributed by atoms with Gasteiger partial charge in [0, 0.05) is 31.9 Å². The van der Waals surface area contributed by atoms with E-state index in [1.807, 2.05) is 19.1 Å². The van der Waals surface area contributed by atoms with Crippen LogP contribution in [-0.2, 0) is 4.79 Å². The first-order valence-electron chi connectivity index (χ1n) is 6.03. The summed E-state index contributed by atoms with van der Waals surface area (Å²) in [7, 11) is 0. The Hall–Kier alpha value is -1.55. The van der Waals surface area contributed by atoms with Crippen LogP contribution in [0.2, 0.25) is 0 Å². The molecular formula is C13H19N3O. The van der Waals surface area contributed by atoms with Crippen LogP contribution in [0.4, 0.5) is 5.69 Å². The Morgan fingerprint density at radius 2 is 1.88 bits per heavy atom. The minimum atomic E-state index is -0.278. The highest BCUT2D eigenvalue weighted by molar-refractivity contribution is 5.81. The number of hydrogen-bond acceptors (Lipinski definition) is 3. The fourth-order valence-electron chi connectivity index (χ4n) is 2.06. The van der Waals surface area contributed by atoms with Crippen LogP contribution in [0.3, 0.4) is 0 Å². The third kappa shape index (κ3) is 2.77. The molecule has 0 saturated carbocycles. The van der Waals surface area contributed by atoms with Crippen molar-refractivity contribution in [1.29, 1.82) is 0 Å². The molecule has 2 rings (SSSR count). The summed E-state index contributed by atoms with van der Waals surface area (Å²) in [6.07, 6.45) is 0. The molecule has 0 bridgehead atoms. The van der Waals surface area contributed by atoms with Crippen LogP contribution in [0.15, 0.2) is 24.3 Å². The zero-order chi connectivity index (χ0) is 12.3. The third-order valence-corrected chi connectivity index (χ3v) is 3.30. The Morgan fingerprint density at radius 3 is 2.41 bits per heavy atom. The molecule has 0 aromatic heterocycles. The third-order valence-electron chi connectivity index (χ3n) is 3.30. The van der Waals surface area contributed by atoms with Crippen molar-refractivity contribution in [3.8, 4) is 0 Å². The van der Waals surface area contributed by atoms with Crippen LogP contribution < -0.4 is 16.0 Å². The van der Waals surface area contributed by atoms with Gasteiger partial charge in [-0.3, -0.25) is 4.79 Å². The van der Waals surface area contributed by atoms with Gasteiger partial charge in [0.1, 0.15) is 0 Å². The fourth-order valence-corrected chi connectivity index (χ4v) is 2.06. The lowest BCUT2D eigenvalue weighted by molar-refractivity contribution is -0.119. The molecule has 1 fully saturated rings. The summed E-state index contributed by atoms with van der Waals surface area (Å²) < 4.78 is 0. The molecule has 1 aliphatic rings. The Morgan fingerprint density at radius 1 is 1.29 bits per heavy atom. The molecule has 3 N–H and O–H groups in total. The van der Waals surface area contributed by atoms with Gasteiger partial charge in [0.2, 0.25) is 5.91 Å². The van der Waals surface area contributed by atoms with Crippen LogP contribution >= 0.6 is 0 Å². The molecule has 1 aliphatic heterocycles. The molecule has 1 unspecified atom stereocenters. The van der Waals surface area contributed by atoms with Gasteiger partial charge in [0.25, 0.3) is 0 Å². The predicted octanol–water partition coefficient (Wildman–Crippen LogP) is 0.685. The quantitative estimate of drug-likeness (QED) is 0.807. The number of nitrogens with one attached hydrogen (secondary N) is 1. The van der Waals surface area contributed by atoms with E-state index >= 15 is 0 Å². The van der Waals surface area contributed by atoms with E-state index in [1.54, 1.807) is 0 Å². The predicted molar refractivity (Wildman–Crippen MR) is 69.1 cm³/mol. The first-order valence-corrected chi connectivity index (χ1v) is 6.03. The van der Waals surface area contributed by atoms with Crippen molar-refractivity contribution in [2.24, 2.45) is 5.73 Å². The zero-order valence-electron chi connectivity index (χ0n) is 10.1. The summed E-state index contributed by atoms with van der Waals surface area (Å²) in [5, 5.41) is 3.33. The topological polar surface area (TPSA) is 58.4 Å². The highest BCUT2D eigenvalue weighted by Gasteiger charge is 2.13. The van der Waals surface area contributed by atoms with Crippen LogP contribution in [-0.4, -0.2) is 32.1 Å². The molecule has 1 atom stereocenters. The van der Waals surface area contributed by atoms with E-state index in [2.05, 4.69) is 22.3 Å². The normalized spacial score (nSPS) is 17.8. The molecule has 1 aromatic carbocycles. The molecule has 4 nitrogen and oxygen atoms in total. The Balaban J connectivity index is 2.09. The summed E-state index contributed by atoms with van der Waals surface area (Å²) >= 11 is 0. The molecule has 17 heavy (non-hydrogen) atoms. The summed E-state index contributed by atoms with van der Waals surface area (Å²) in [5.74, 6) is -0.494. The number of rotatable bonds is 3. The van der Waals surface area contributed by atoms with Gasteiger partial charge in [0.05, 0.1) is 5.92 Å². The molecule has 92 valence electrons. The number of amides is 1. The van der Waals surface area contributed by atoms with E-state index in [9.17, 15) is 4.79 Å².